The van der Waals surface area contributed by atoms with Crippen molar-refractivity contribution in [2.45, 2.75) is 38.5 Å². The van der Waals surface area contributed by atoms with Crippen molar-refractivity contribution in [1.82, 2.24) is 0 Å². The number of allylic oxidation sites excluding steroid dienone is 1. The van der Waals surface area contributed by atoms with Gasteiger partial charge in [0.15, 0.2) is 0 Å². The molecule has 1 nitrogen and oxygen atoms in total. The van der Waals surface area contributed by atoms with Crippen LogP contribution in [0.4, 0.5) is 0 Å². The lowest BCUT2D eigenvalue weighted by Gasteiger charge is -2.23. The first-order valence-electron chi connectivity index (χ1n) is 7.39. The summed E-state index contributed by atoms with van der Waals surface area (Å²) in [7, 11) is 0. The summed E-state index contributed by atoms with van der Waals surface area (Å²) in [5.41, 5.74) is 4.27. The van der Waals surface area contributed by atoms with E-state index in [1.165, 1.54) is 43.2 Å². The van der Waals surface area contributed by atoms with Crippen LogP contribution in [0.3, 0.4) is 0 Å². The number of benzene rings is 1. The largest absolute Gasteiger partial charge is 0.493 e. The topological polar surface area (TPSA) is 9.23 Å². The Balaban J connectivity index is 1.81. The quantitative estimate of drug-likeness (QED) is 0.714. The lowest BCUT2D eigenvalue weighted by molar-refractivity contribution is 0.357. The molecule has 0 aromatic heterocycles. The Morgan fingerprint density at radius 2 is 2.11 bits per heavy atom. The van der Waals surface area contributed by atoms with Gasteiger partial charge >= 0.3 is 0 Å². The predicted octanol–water partition coefficient (Wildman–Crippen LogP) is 4.98. The lowest BCUT2D eigenvalue weighted by atomic mass is 9.83. The summed E-state index contributed by atoms with van der Waals surface area (Å²) < 4.78 is 5.57. The Hall–Kier alpha value is -0.760. The maximum atomic E-state index is 5.57. The van der Waals surface area contributed by atoms with E-state index >= 15 is 0 Å². The molecule has 1 aromatic rings. The summed E-state index contributed by atoms with van der Waals surface area (Å²) >= 11 is 3.68. The SMILES string of the molecule is BrCC(=Cc1ccc2c(c1)CCO2)C1CCCCC1. The second-order valence-corrected chi connectivity index (χ2v) is 6.21. The van der Waals surface area contributed by atoms with Crippen LogP contribution in [0.2, 0.25) is 0 Å². The van der Waals surface area contributed by atoms with Crippen LogP contribution in [0, 0.1) is 5.92 Å². The molecule has 1 fully saturated rings. The summed E-state index contributed by atoms with van der Waals surface area (Å²) in [4.78, 5) is 0. The van der Waals surface area contributed by atoms with E-state index in [-0.39, 0.29) is 0 Å². The minimum atomic E-state index is 0.789. The van der Waals surface area contributed by atoms with Gasteiger partial charge in [0.25, 0.3) is 0 Å². The van der Waals surface area contributed by atoms with Gasteiger partial charge in [0.2, 0.25) is 0 Å². The van der Waals surface area contributed by atoms with E-state index in [0.717, 1.165) is 30.0 Å². The maximum Gasteiger partial charge on any atom is 0.122 e. The smallest absolute Gasteiger partial charge is 0.122 e. The van der Waals surface area contributed by atoms with Crippen molar-refractivity contribution < 1.29 is 4.74 Å². The molecule has 2 heteroatoms. The Morgan fingerprint density at radius 1 is 1.26 bits per heavy atom. The zero-order valence-electron chi connectivity index (χ0n) is 11.3. The van der Waals surface area contributed by atoms with Gasteiger partial charge in [-0.15, -0.1) is 0 Å². The fraction of sp³-hybridized carbons (Fsp3) is 0.529. The normalized spacial score (nSPS) is 20.2. The maximum absolute atomic E-state index is 5.57. The minimum absolute atomic E-state index is 0.789. The Kier molecular flexibility index (Phi) is 4.27. The molecule has 3 rings (SSSR count). The van der Waals surface area contributed by atoms with Gasteiger partial charge in [-0.2, -0.15) is 0 Å². The van der Waals surface area contributed by atoms with Crippen molar-refractivity contribution in [3.63, 3.8) is 0 Å². The monoisotopic (exact) mass is 320 g/mol. The zero-order valence-corrected chi connectivity index (χ0v) is 12.9. The highest BCUT2D eigenvalue weighted by Gasteiger charge is 2.17. The summed E-state index contributed by atoms with van der Waals surface area (Å²) in [6.45, 7) is 0.844. The number of ether oxygens (including phenoxy) is 1. The molecule has 0 unspecified atom stereocenters. The van der Waals surface area contributed by atoms with Crippen LogP contribution < -0.4 is 4.74 Å². The standard InChI is InChI=1S/C17H21BrO/c18-12-16(14-4-2-1-3-5-14)11-13-6-7-17-15(10-13)8-9-19-17/h6-7,10-11,14H,1-5,8-9,12H2. The molecule has 0 atom stereocenters. The average Bonchev–Trinajstić information content (AvgIpc) is 2.93. The molecule has 1 aromatic carbocycles. The first-order chi connectivity index (χ1) is 9.36. The number of hydrogen-bond donors (Lipinski definition) is 0. The van der Waals surface area contributed by atoms with Crippen LogP contribution >= 0.6 is 15.9 Å². The fourth-order valence-corrected chi connectivity index (χ4v) is 3.87. The molecule has 19 heavy (non-hydrogen) atoms. The van der Waals surface area contributed by atoms with Gasteiger partial charge in [0.05, 0.1) is 6.61 Å². The summed E-state index contributed by atoms with van der Waals surface area (Å²) in [5, 5.41) is 1.01. The van der Waals surface area contributed by atoms with Gasteiger partial charge in [0, 0.05) is 11.8 Å². The molecular formula is C17H21BrO. The summed E-state index contributed by atoms with van der Waals surface area (Å²) in [6.07, 6.45) is 10.4. The van der Waals surface area contributed by atoms with Crippen LogP contribution in [0.1, 0.15) is 43.2 Å². The van der Waals surface area contributed by atoms with Crippen LogP contribution in [0.25, 0.3) is 6.08 Å². The molecule has 2 aliphatic rings. The fourth-order valence-electron chi connectivity index (χ4n) is 3.25. The lowest BCUT2D eigenvalue weighted by Crippen LogP contribution is -2.10. The van der Waals surface area contributed by atoms with Crippen molar-refractivity contribution in [2.24, 2.45) is 5.92 Å². The van der Waals surface area contributed by atoms with Gasteiger partial charge in [-0.25, -0.2) is 0 Å². The van der Waals surface area contributed by atoms with E-state index in [0.29, 0.717) is 0 Å². The van der Waals surface area contributed by atoms with E-state index in [1.807, 2.05) is 0 Å². The molecule has 1 heterocycles. The number of hydrogen-bond acceptors (Lipinski definition) is 1. The molecule has 102 valence electrons. The van der Waals surface area contributed by atoms with Crippen molar-refractivity contribution in [3.8, 4) is 5.75 Å². The second-order valence-electron chi connectivity index (χ2n) is 5.65. The van der Waals surface area contributed by atoms with Gasteiger partial charge in [0.1, 0.15) is 5.75 Å². The molecule has 1 aliphatic heterocycles. The van der Waals surface area contributed by atoms with Crippen LogP contribution in [-0.4, -0.2) is 11.9 Å². The third-order valence-corrected chi connectivity index (χ3v) is 5.00. The molecule has 0 saturated heterocycles. The average molecular weight is 321 g/mol. The van der Waals surface area contributed by atoms with Gasteiger partial charge in [-0.3, -0.25) is 0 Å². The van der Waals surface area contributed by atoms with Crippen molar-refractivity contribution in [2.75, 3.05) is 11.9 Å². The van der Waals surface area contributed by atoms with Crippen LogP contribution in [-0.2, 0) is 6.42 Å². The Bertz CT molecular complexity index is 472. The molecule has 0 radical (unpaired) electrons. The number of rotatable bonds is 3. The number of fused-ring (bicyclic) bond motifs is 1. The highest BCUT2D eigenvalue weighted by Crippen LogP contribution is 2.33. The van der Waals surface area contributed by atoms with E-state index in [9.17, 15) is 0 Å². The van der Waals surface area contributed by atoms with Crippen LogP contribution in [0.15, 0.2) is 23.8 Å². The summed E-state index contributed by atoms with van der Waals surface area (Å²) in [6, 6.07) is 6.62. The van der Waals surface area contributed by atoms with Crippen molar-refractivity contribution in [1.29, 1.82) is 0 Å². The highest BCUT2D eigenvalue weighted by atomic mass is 79.9. The van der Waals surface area contributed by atoms with E-state index < -0.39 is 0 Å². The number of alkyl halides is 1. The molecular weight excluding hydrogens is 300 g/mol. The van der Waals surface area contributed by atoms with Crippen LogP contribution in [0.5, 0.6) is 5.75 Å². The first-order valence-corrected chi connectivity index (χ1v) is 8.51. The molecule has 1 saturated carbocycles. The second kappa shape index (κ2) is 6.13. The zero-order chi connectivity index (χ0) is 13.1. The Morgan fingerprint density at radius 3 is 2.89 bits per heavy atom. The molecule has 0 N–H and O–H groups in total. The minimum Gasteiger partial charge on any atom is -0.493 e. The molecule has 1 aliphatic carbocycles. The van der Waals surface area contributed by atoms with E-state index in [1.54, 1.807) is 5.57 Å². The van der Waals surface area contributed by atoms with Gasteiger partial charge < -0.3 is 4.74 Å². The van der Waals surface area contributed by atoms with Crippen molar-refractivity contribution in [3.05, 3.63) is 34.9 Å². The van der Waals surface area contributed by atoms with Crippen molar-refractivity contribution >= 4 is 22.0 Å². The molecule has 0 amide bonds. The molecule has 0 spiro atoms. The van der Waals surface area contributed by atoms with E-state index in [4.69, 9.17) is 4.74 Å². The van der Waals surface area contributed by atoms with E-state index in [2.05, 4.69) is 40.2 Å². The van der Waals surface area contributed by atoms with Gasteiger partial charge in [-0.05, 0) is 42.0 Å². The molecule has 0 bridgehead atoms. The first kappa shape index (κ1) is 13.2. The number of halogens is 1. The Labute approximate surface area is 124 Å². The third kappa shape index (κ3) is 3.05. The predicted molar refractivity (Wildman–Crippen MR) is 84.0 cm³/mol. The highest BCUT2D eigenvalue weighted by molar-refractivity contribution is 9.09. The summed E-state index contributed by atoms with van der Waals surface area (Å²) in [5.74, 6) is 1.87. The van der Waals surface area contributed by atoms with Gasteiger partial charge in [-0.1, -0.05) is 52.9 Å². The third-order valence-electron chi connectivity index (χ3n) is 4.35.